The van der Waals surface area contributed by atoms with E-state index in [4.69, 9.17) is 5.21 Å². The molecule has 1 aromatic rings. The van der Waals surface area contributed by atoms with Crippen LogP contribution in [0.5, 0.6) is 0 Å². The Morgan fingerprint density at radius 3 is 2.38 bits per heavy atom. The molecule has 5 nitrogen and oxygen atoms in total. The third-order valence-corrected chi connectivity index (χ3v) is 2.01. The van der Waals surface area contributed by atoms with Crippen molar-refractivity contribution >= 4 is 17.5 Å². The van der Waals surface area contributed by atoms with Crippen LogP contribution < -0.4 is 10.8 Å². The maximum absolute atomic E-state index is 11.3. The molecule has 86 valence electrons. The highest BCUT2D eigenvalue weighted by atomic mass is 16.5. The van der Waals surface area contributed by atoms with Gasteiger partial charge in [-0.15, -0.1) is 0 Å². The van der Waals surface area contributed by atoms with Crippen LogP contribution in [0.2, 0.25) is 0 Å². The predicted octanol–water partition coefficient (Wildman–Crippen LogP) is 1.54. The molecule has 0 saturated carbocycles. The first-order valence-electron chi connectivity index (χ1n) is 5.01. The fourth-order valence-corrected chi connectivity index (χ4v) is 1.22. The highest BCUT2D eigenvalue weighted by Gasteiger charge is 2.04. The Morgan fingerprint density at radius 1 is 1.25 bits per heavy atom. The molecular formula is C11H14N2O3. The van der Waals surface area contributed by atoms with E-state index in [0.29, 0.717) is 17.7 Å². The van der Waals surface area contributed by atoms with Crippen molar-refractivity contribution < 1.29 is 14.8 Å². The van der Waals surface area contributed by atoms with Crippen molar-refractivity contribution in [2.75, 3.05) is 5.32 Å². The van der Waals surface area contributed by atoms with Gasteiger partial charge in [0.15, 0.2) is 0 Å². The minimum Gasteiger partial charge on any atom is -0.326 e. The number of benzene rings is 1. The van der Waals surface area contributed by atoms with Gasteiger partial charge in [0.05, 0.1) is 0 Å². The first-order valence-corrected chi connectivity index (χ1v) is 5.01. The van der Waals surface area contributed by atoms with E-state index in [-0.39, 0.29) is 5.91 Å². The molecule has 2 amide bonds. The van der Waals surface area contributed by atoms with E-state index < -0.39 is 5.91 Å². The molecule has 0 radical (unpaired) electrons. The van der Waals surface area contributed by atoms with Gasteiger partial charge in [0.1, 0.15) is 0 Å². The molecule has 0 aliphatic carbocycles. The van der Waals surface area contributed by atoms with Crippen LogP contribution in [0, 0.1) is 0 Å². The molecule has 16 heavy (non-hydrogen) atoms. The molecule has 0 aliphatic rings. The fraction of sp³-hybridized carbons (Fsp3) is 0.273. The summed E-state index contributed by atoms with van der Waals surface area (Å²) >= 11 is 0. The normalized spacial score (nSPS) is 9.62. The predicted molar refractivity (Wildman–Crippen MR) is 59.2 cm³/mol. The third-order valence-electron chi connectivity index (χ3n) is 2.01. The van der Waals surface area contributed by atoms with Gasteiger partial charge in [-0.05, 0) is 30.7 Å². The van der Waals surface area contributed by atoms with Gasteiger partial charge in [-0.25, -0.2) is 5.48 Å². The van der Waals surface area contributed by atoms with Gasteiger partial charge in [0.25, 0.3) is 5.91 Å². The summed E-state index contributed by atoms with van der Waals surface area (Å²) in [4.78, 5) is 22.3. The van der Waals surface area contributed by atoms with E-state index in [9.17, 15) is 9.59 Å². The summed E-state index contributed by atoms with van der Waals surface area (Å²) in [5.41, 5.74) is 2.50. The number of carbonyl (C=O) groups is 2. The average Bonchev–Trinajstić information content (AvgIpc) is 2.29. The van der Waals surface area contributed by atoms with E-state index >= 15 is 0 Å². The zero-order valence-corrected chi connectivity index (χ0v) is 8.99. The van der Waals surface area contributed by atoms with Crippen LogP contribution in [-0.2, 0) is 4.79 Å². The third kappa shape index (κ3) is 3.36. The average molecular weight is 222 g/mol. The highest BCUT2D eigenvalue weighted by Crippen LogP contribution is 2.10. The van der Waals surface area contributed by atoms with Gasteiger partial charge >= 0.3 is 0 Å². The molecule has 0 aliphatic heterocycles. The second kappa shape index (κ2) is 5.87. The van der Waals surface area contributed by atoms with Crippen LogP contribution in [0.4, 0.5) is 5.69 Å². The zero-order valence-electron chi connectivity index (χ0n) is 8.99. The molecule has 0 heterocycles. The summed E-state index contributed by atoms with van der Waals surface area (Å²) in [6, 6.07) is 6.26. The maximum atomic E-state index is 11.3. The maximum Gasteiger partial charge on any atom is 0.274 e. The molecular weight excluding hydrogens is 208 g/mol. The van der Waals surface area contributed by atoms with E-state index in [2.05, 4.69) is 5.32 Å². The van der Waals surface area contributed by atoms with Crippen molar-refractivity contribution in [2.45, 2.75) is 19.8 Å². The van der Waals surface area contributed by atoms with Crippen LogP contribution in [0.1, 0.15) is 30.1 Å². The summed E-state index contributed by atoms with van der Waals surface area (Å²) in [5.74, 6) is -0.631. The van der Waals surface area contributed by atoms with Crippen molar-refractivity contribution in [3.63, 3.8) is 0 Å². The van der Waals surface area contributed by atoms with Gasteiger partial charge in [0.2, 0.25) is 5.91 Å². The van der Waals surface area contributed by atoms with E-state index in [0.717, 1.165) is 6.42 Å². The quantitative estimate of drug-likeness (QED) is 0.534. The molecule has 0 saturated heterocycles. The van der Waals surface area contributed by atoms with Crippen molar-refractivity contribution in [1.29, 1.82) is 0 Å². The first-order chi connectivity index (χ1) is 7.67. The molecule has 0 unspecified atom stereocenters. The monoisotopic (exact) mass is 222 g/mol. The molecule has 1 rings (SSSR count). The lowest BCUT2D eigenvalue weighted by atomic mass is 10.2. The molecule has 0 fully saturated rings. The minimum atomic E-state index is -0.577. The van der Waals surface area contributed by atoms with Gasteiger partial charge in [0, 0.05) is 17.7 Å². The van der Waals surface area contributed by atoms with Crippen molar-refractivity contribution in [1.82, 2.24) is 5.48 Å². The van der Waals surface area contributed by atoms with Crippen LogP contribution in [0.3, 0.4) is 0 Å². The smallest absolute Gasteiger partial charge is 0.274 e. The van der Waals surface area contributed by atoms with Crippen molar-refractivity contribution in [3.05, 3.63) is 29.8 Å². The fourth-order valence-electron chi connectivity index (χ4n) is 1.22. The van der Waals surface area contributed by atoms with Crippen LogP contribution in [0.15, 0.2) is 24.3 Å². The standard InChI is InChI=1S/C11H14N2O3/c1-2-3-10(14)12-9-6-4-8(5-7-9)11(15)13-16/h4-7,16H,2-3H2,1H3,(H,12,14)(H,13,15). The SMILES string of the molecule is CCCC(=O)Nc1ccc(C(=O)NO)cc1. The Hall–Kier alpha value is -1.88. The molecule has 0 aromatic heterocycles. The van der Waals surface area contributed by atoms with Gasteiger partial charge < -0.3 is 5.32 Å². The number of hydrogen-bond acceptors (Lipinski definition) is 3. The topological polar surface area (TPSA) is 78.4 Å². The Morgan fingerprint density at radius 2 is 1.88 bits per heavy atom. The van der Waals surface area contributed by atoms with E-state index in [1.54, 1.807) is 12.1 Å². The van der Waals surface area contributed by atoms with E-state index in [1.807, 2.05) is 6.92 Å². The first kappa shape index (κ1) is 12.2. The van der Waals surface area contributed by atoms with Crippen LogP contribution >= 0.6 is 0 Å². The number of carbonyl (C=O) groups excluding carboxylic acids is 2. The Labute approximate surface area is 93.4 Å². The number of anilines is 1. The van der Waals surface area contributed by atoms with Gasteiger partial charge in [-0.3, -0.25) is 14.8 Å². The number of amides is 2. The summed E-state index contributed by atoms with van der Waals surface area (Å²) in [7, 11) is 0. The number of nitrogens with one attached hydrogen (secondary N) is 2. The lowest BCUT2D eigenvalue weighted by molar-refractivity contribution is -0.116. The summed E-state index contributed by atoms with van der Waals surface area (Å²) in [6.07, 6.45) is 1.26. The highest BCUT2D eigenvalue weighted by molar-refractivity contribution is 5.95. The number of hydrogen-bond donors (Lipinski definition) is 3. The Bertz CT molecular complexity index is 373. The molecule has 0 spiro atoms. The summed E-state index contributed by atoms with van der Waals surface area (Å²) in [6.45, 7) is 1.92. The lowest BCUT2D eigenvalue weighted by Crippen LogP contribution is -2.18. The summed E-state index contributed by atoms with van der Waals surface area (Å²) in [5, 5.41) is 11.1. The second-order valence-electron chi connectivity index (χ2n) is 3.32. The molecule has 0 bridgehead atoms. The number of rotatable bonds is 4. The number of hydroxylamine groups is 1. The van der Waals surface area contributed by atoms with Gasteiger partial charge in [-0.1, -0.05) is 6.92 Å². The Kier molecular flexibility index (Phi) is 4.47. The van der Waals surface area contributed by atoms with Crippen LogP contribution in [0.25, 0.3) is 0 Å². The van der Waals surface area contributed by atoms with Crippen molar-refractivity contribution in [2.24, 2.45) is 0 Å². The summed E-state index contributed by atoms with van der Waals surface area (Å²) < 4.78 is 0. The van der Waals surface area contributed by atoms with Gasteiger partial charge in [-0.2, -0.15) is 0 Å². The minimum absolute atomic E-state index is 0.0538. The Balaban J connectivity index is 2.64. The lowest BCUT2D eigenvalue weighted by Gasteiger charge is -2.04. The van der Waals surface area contributed by atoms with E-state index in [1.165, 1.54) is 17.6 Å². The van der Waals surface area contributed by atoms with Crippen LogP contribution in [-0.4, -0.2) is 17.0 Å². The molecule has 5 heteroatoms. The second-order valence-corrected chi connectivity index (χ2v) is 3.32. The molecule has 0 atom stereocenters. The molecule has 1 aromatic carbocycles. The van der Waals surface area contributed by atoms with Crippen molar-refractivity contribution in [3.8, 4) is 0 Å². The zero-order chi connectivity index (χ0) is 12.0. The largest absolute Gasteiger partial charge is 0.326 e. The molecule has 3 N–H and O–H groups in total.